The van der Waals surface area contributed by atoms with Crippen molar-refractivity contribution >= 4 is 17.0 Å². The van der Waals surface area contributed by atoms with E-state index >= 15 is 0 Å². The Morgan fingerprint density at radius 1 is 1.33 bits per heavy atom. The molecule has 0 saturated heterocycles. The van der Waals surface area contributed by atoms with Crippen LogP contribution in [0.25, 0.3) is 0 Å². The molecule has 68 valence electrons. The van der Waals surface area contributed by atoms with Gasteiger partial charge < -0.3 is 10.8 Å². The maximum Gasteiger partial charge on any atom is 0.115 e. The molecule has 0 amide bonds. The summed E-state index contributed by atoms with van der Waals surface area (Å²) in [6.45, 7) is 2.71. The van der Waals surface area contributed by atoms with Crippen LogP contribution in [0, 0.1) is 0 Å². The van der Waals surface area contributed by atoms with Gasteiger partial charge in [0.2, 0.25) is 0 Å². The average Bonchev–Trinajstić information content (AvgIpc) is 2.05. The third-order valence-electron chi connectivity index (χ3n) is 1.82. The van der Waals surface area contributed by atoms with Gasteiger partial charge in [-0.1, -0.05) is 19.1 Å². The molecule has 3 heteroatoms. The molecule has 1 rings (SSSR count). The monoisotopic (exact) mass is 231 g/mol. The number of halogens is 1. The van der Waals surface area contributed by atoms with Crippen molar-refractivity contribution in [1.29, 1.82) is 0 Å². The molecule has 0 aliphatic rings. The van der Waals surface area contributed by atoms with Gasteiger partial charge in [-0.15, -0.1) is 17.0 Å². The molecular weight excluding hydrogens is 218 g/mol. The van der Waals surface area contributed by atoms with Crippen LogP contribution in [-0.2, 0) is 0 Å². The van der Waals surface area contributed by atoms with E-state index in [0.717, 1.165) is 0 Å². The van der Waals surface area contributed by atoms with E-state index in [1.54, 1.807) is 12.1 Å². The van der Waals surface area contributed by atoms with Crippen LogP contribution in [-0.4, -0.2) is 11.7 Å². The molecule has 0 heterocycles. The summed E-state index contributed by atoms with van der Waals surface area (Å²) in [5.41, 5.74) is 6.65. The molecule has 12 heavy (non-hydrogen) atoms. The van der Waals surface area contributed by atoms with Crippen molar-refractivity contribution in [2.75, 3.05) is 6.54 Å². The molecule has 0 fully saturated rings. The van der Waals surface area contributed by atoms with Gasteiger partial charge in [0.05, 0.1) is 0 Å². The molecule has 0 aliphatic heterocycles. The van der Waals surface area contributed by atoms with E-state index in [9.17, 15) is 0 Å². The summed E-state index contributed by atoms with van der Waals surface area (Å²) in [5, 5.41) is 8.98. The largest absolute Gasteiger partial charge is 0.508 e. The minimum absolute atomic E-state index is 0. The van der Waals surface area contributed by atoms with Crippen LogP contribution in [0.15, 0.2) is 24.3 Å². The summed E-state index contributed by atoms with van der Waals surface area (Å²) >= 11 is 0. The number of hydrogen-bond donors (Lipinski definition) is 2. The van der Waals surface area contributed by atoms with Crippen LogP contribution in [0.4, 0.5) is 0 Å². The zero-order valence-electron chi connectivity index (χ0n) is 7.03. The lowest BCUT2D eigenvalue weighted by Gasteiger charge is -2.07. The van der Waals surface area contributed by atoms with Crippen molar-refractivity contribution in [2.45, 2.75) is 12.8 Å². The second-order valence-corrected chi connectivity index (χ2v) is 2.73. The maximum atomic E-state index is 8.98. The lowest BCUT2D eigenvalue weighted by molar-refractivity contribution is 0.475. The number of aromatic hydroxyl groups is 1. The molecular formula is C9H14BrNO. The Kier molecular flexibility index (Phi) is 4.93. The van der Waals surface area contributed by atoms with Crippen LogP contribution >= 0.6 is 17.0 Å². The minimum atomic E-state index is 0. The molecule has 2 nitrogen and oxygen atoms in total. The van der Waals surface area contributed by atoms with Crippen molar-refractivity contribution in [1.82, 2.24) is 0 Å². The first kappa shape index (κ1) is 11.5. The van der Waals surface area contributed by atoms with Crippen LogP contribution in [0.1, 0.15) is 18.4 Å². The van der Waals surface area contributed by atoms with Gasteiger partial charge in [0.15, 0.2) is 0 Å². The summed E-state index contributed by atoms with van der Waals surface area (Å²) in [7, 11) is 0. The van der Waals surface area contributed by atoms with Crippen molar-refractivity contribution in [2.24, 2.45) is 5.73 Å². The van der Waals surface area contributed by atoms with Gasteiger partial charge in [0.25, 0.3) is 0 Å². The van der Waals surface area contributed by atoms with Crippen LogP contribution in [0.2, 0.25) is 0 Å². The molecule has 0 aromatic heterocycles. The van der Waals surface area contributed by atoms with E-state index in [1.807, 2.05) is 12.1 Å². The Bertz CT molecular complexity index is 222. The lowest BCUT2D eigenvalue weighted by atomic mass is 10.0. The zero-order chi connectivity index (χ0) is 8.27. The Morgan fingerprint density at radius 2 is 1.83 bits per heavy atom. The van der Waals surface area contributed by atoms with Crippen molar-refractivity contribution in [3.05, 3.63) is 29.8 Å². The summed E-state index contributed by atoms with van der Waals surface area (Å²) in [6, 6.07) is 7.16. The lowest BCUT2D eigenvalue weighted by Crippen LogP contribution is -2.08. The predicted octanol–water partition coefficient (Wildman–Crippen LogP) is 2.03. The highest BCUT2D eigenvalue weighted by Gasteiger charge is 2.01. The highest BCUT2D eigenvalue weighted by Crippen LogP contribution is 2.16. The van der Waals surface area contributed by atoms with E-state index in [1.165, 1.54) is 5.56 Å². The number of phenolic OH excluding ortho intramolecular Hbond substituents is 1. The fraction of sp³-hybridized carbons (Fsp3) is 0.333. The second-order valence-electron chi connectivity index (χ2n) is 2.73. The third-order valence-corrected chi connectivity index (χ3v) is 1.82. The van der Waals surface area contributed by atoms with Gasteiger partial charge in [-0.05, 0) is 30.2 Å². The van der Waals surface area contributed by atoms with Gasteiger partial charge in [-0.3, -0.25) is 0 Å². The molecule has 1 aromatic rings. The molecule has 1 atom stereocenters. The topological polar surface area (TPSA) is 46.2 Å². The van der Waals surface area contributed by atoms with Crippen molar-refractivity contribution in [3.8, 4) is 5.75 Å². The Hall–Kier alpha value is -0.540. The normalized spacial score (nSPS) is 11.8. The van der Waals surface area contributed by atoms with Gasteiger partial charge in [-0.2, -0.15) is 0 Å². The first-order chi connectivity index (χ1) is 5.24. The minimum Gasteiger partial charge on any atom is -0.508 e. The SMILES string of the molecule is Br.CC(CN)c1ccc(O)cc1. The van der Waals surface area contributed by atoms with Gasteiger partial charge >= 0.3 is 0 Å². The number of nitrogens with two attached hydrogens (primary N) is 1. The number of hydrogen-bond acceptors (Lipinski definition) is 2. The average molecular weight is 232 g/mol. The second kappa shape index (κ2) is 5.17. The number of rotatable bonds is 2. The maximum absolute atomic E-state index is 8.98. The van der Waals surface area contributed by atoms with Gasteiger partial charge in [0.1, 0.15) is 5.75 Å². The first-order valence-electron chi connectivity index (χ1n) is 3.73. The Balaban J connectivity index is 0.00000121. The molecule has 0 saturated carbocycles. The summed E-state index contributed by atoms with van der Waals surface area (Å²) in [6.07, 6.45) is 0. The summed E-state index contributed by atoms with van der Waals surface area (Å²) in [4.78, 5) is 0. The van der Waals surface area contributed by atoms with Gasteiger partial charge in [0, 0.05) is 0 Å². The zero-order valence-corrected chi connectivity index (χ0v) is 8.74. The van der Waals surface area contributed by atoms with E-state index < -0.39 is 0 Å². The van der Waals surface area contributed by atoms with E-state index in [2.05, 4.69) is 6.92 Å². The smallest absolute Gasteiger partial charge is 0.115 e. The van der Waals surface area contributed by atoms with E-state index in [4.69, 9.17) is 10.8 Å². The van der Waals surface area contributed by atoms with Crippen LogP contribution < -0.4 is 5.73 Å². The fourth-order valence-electron chi connectivity index (χ4n) is 0.939. The summed E-state index contributed by atoms with van der Waals surface area (Å²) in [5.74, 6) is 0.675. The molecule has 0 bridgehead atoms. The molecule has 3 N–H and O–H groups in total. The standard InChI is InChI=1S/C9H13NO.BrH/c1-7(6-10)8-2-4-9(11)5-3-8;/h2-5,7,11H,6,10H2,1H3;1H. The fourth-order valence-corrected chi connectivity index (χ4v) is 0.939. The molecule has 0 spiro atoms. The number of benzene rings is 1. The molecule has 0 radical (unpaired) electrons. The van der Waals surface area contributed by atoms with Crippen molar-refractivity contribution in [3.63, 3.8) is 0 Å². The third kappa shape index (κ3) is 2.83. The van der Waals surface area contributed by atoms with Crippen LogP contribution in [0.5, 0.6) is 5.75 Å². The number of phenols is 1. The molecule has 1 unspecified atom stereocenters. The Labute approximate surface area is 83.2 Å². The molecule has 0 aliphatic carbocycles. The quantitative estimate of drug-likeness (QED) is 0.819. The molecule has 1 aromatic carbocycles. The highest BCUT2D eigenvalue weighted by molar-refractivity contribution is 8.93. The van der Waals surface area contributed by atoms with Gasteiger partial charge in [-0.25, -0.2) is 0 Å². The first-order valence-corrected chi connectivity index (χ1v) is 3.73. The Morgan fingerprint density at radius 3 is 2.25 bits per heavy atom. The highest BCUT2D eigenvalue weighted by atomic mass is 79.9. The van der Waals surface area contributed by atoms with E-state index in [-0.39, 0.29) is 17.0 Å². The summed E-state index contributed by atoms with van der Waals surface area (Å²) < 4.78 is 0. The predicted molar refractivity (Wildman–Crippen MR) is 55.9 cm³/mol. The van der Waals surface area contributed by atoms with Crippen LogP contribution in [0.3, 0.4) is 0 Å². The van der Waals surface area contributed by atoms with Crippen molar-refractivity contribution < 1.29 is 5.11 Å². The van der Waals surface area contributed by atoms with E-state index in [0.29, 0.717) is 18.2 Å².